The van der Waals surface area contributed by atoms with Gasteiger partial charge in [0, 0.05) is 42.0 Å². The average molecular weight is 463 g/mol. The second kappa shape index (κ2) is 11.8. The lowest BCUT2D eigenvalue weighted by atomic mass is 9.95. The summed E-state index contributed by atoms with van der Waals surface area (Å²) in [6, 6.07) is 7.41. The molecule has 3 amide bonds. The molecule has 7 nitrogen and oxygen atoms in total. The van der Waals surface area contributed by atoms with Crippen LogP contribution in [0, 0.1) is 0 Å². The van der Waals surface area contributed by atoms with Crippen LogP contribution in [-0.4, -0.2) is 40.2 Å². The van der Waals surface area contributed by atoms with Crippen molar-refractivity contribution in [3.8, 4) is 0 Å². The van der Waals surface area contributed by atoms with Gasteiger partial charge in [-0.25, -0.2) is 4.98 Å². The van der Waals surface area contributed by atoms with Crippen LogP contribution in [0.15, 0.2) is 35.8 Å². The molecule has 31 heavy (non-hydrogen) atoms. The van der Waals surface area contributed by atoms with E-state index in [2.05, 4.69) is 15.6 Å². The summed E-state index contributed by atoms with van der Waals surface area (Å²) in [5.41, 5.74) is 0.759. The van der Waals surface area contributed by atoms with Gasteiger partial charge in [-0.1, -0.05) is 49.1 Å². The Kier molecular flexibility index (Phi) is 8.85. The lowest BCUT2D eigenvalue weighted by Gasteiger charge is -2.26. The number of carbonyl (C=O) groups is 3. The maximum Gasteiger partial charge on any atom is 0.239 e. The Morgan fingerprint density at radius 2 is 1.87 bits per heavy atom. The van der Waals surface area contributed by atoms with Crippen LogP contribution in [0.25, 0.3) is 0 Å². The van der Waals surface area contributed by atoms with Gasteiger partial charge in [0.1, 0.15) is 0 Å². The zero-order valence-electron chi connectivity index (χ0n) is 17.3. The predicted molar refractivity (Wildman–Crippen MR) is 122 cm³/mol. The van der Waals surface area contributed by atoms with Gasteiger partial charge in [0.05, 0.1) is 6.54 Å². The highest BCUT2D eigenvalue weighted by molar-refractivity contribution is 7.13. The maximum absolute atomic E-state index is 12.9. The first kappa shape index (κ1) is 23.2. The van der Waals surface area contributed by atoms with Gasteiger partial charge < -0.3 is 15.5 Å². The molecule has 1 heterocycles. The number of carbonyl (C=O) groups excluding carboxylic acids is 3. The number of benzene rings is 1. The third-order valence-corrected chi connectivity index (χ3v) is 6.28. The molecule has 1 aliphatic rings. The molecule has 0 radical (unpaired) electrons. The van der Waals surface area contributed by atoms with Crippen molar-refractivity contribution in [2.24, 2.45) is 0 Å². The normalized spacial score (nSPS) is 14.1. The Balaban J connectivity index is 1.59. The lowest BCUT2D eigenvalue weighted by molar-refractivity contribution is -0.137. The summed E-state index contributed by atoms with van der Waals surface area (Å²) >= 11 is 7.58. The molecule has 1 aromatic heterocycles. The van der Waals surface area contributed by atoms with Gasteiger partial charge in [0.15, 0.2) is 5.13 Å². The molecule has 0 aliphatic heterocycles. The zero-order valence-corrected chi connectivity index (χ0v) is 18.9. The van der Waals surface area contributed by atoms with Crippen molar-refractivity contribution in [1.29, 1.82) is 0 Å². The molecular weight excluding hydrogens is 436 g/mol. The molecule has 166 valence electrons. The van der Waals surface area contributed by atoms with Crippen molar-refractivity contribution in [2.45, 2.75) is 57.5 Å². The Bertz CT molecular complexity index is 885. The van der Waals surface area contributed by atoms with Gasteiger partial charge in [-0.3, -0.25) is 14.4 Å². The summed E-state index contributed by atoms with van der Waals surface area (Å²) in [4.78, 5) is 43.1. The summed E-state index contributed by atoms with van der Waals surface area (Å²) in [6.45, 7) is 0.152. The molecule has 3 rings (SSSR count). The van der Waals surface area contributed by atoms with Crippen LogP contribution in [-0.2, 0) is 20.9 Å². The molecule has 1 aromatic carbocycles. The molecule has 9 heteroatoms. The number of nitrogens with one attached hydrogen (secondary N) is 2. The predicted octanol–water partition coefficient (Wildman–Crippen LogP) is 3.99. The fourth-order valence-corrected chi connectivity index (χ4v) is 4.34. The third kappa shape index (κ3) is 7.63. The number of nitrogens with zero attached hydrogens (tertiary/aromatic N) is 2. The minimum Gasteiger partial charge on any atom is -0.352 e. The maximum atomic E-state index is 12.9. The summed E-state index contributed by atoms with van der Waals surface area (Å²) in [6.07, 6.45) is 6.99. The highest BCUT2D eigenvalue weighted by atomic mass is 35.5. The van der Waals surface area contributed by atoms with Crippen molar-refractivity contribution in [2.75, 3.05) is 11.9 Å². The van der Waals surface area contributed by atoms with E-state index in [-0.39, 0.29) is 49.7 Å². The van der Waals surface area contributed by atoms with E-state index in [1.807, 2.05) is 18.2 Å². The Hall–Kier alpha value is -2.45. The largest absolute Gasteiger partial charge is 0.352 e. The summed E-state index contributed by atoms with van der Waals surface area (Å²) in [5, 5.41) is 8.51. The second-order valence-corrected chi connectivity index (χ2v) is 8.93. The number of hydrogen-bond acceptors (Lipinski definition) is 5. The number of amides is 3. The van der Waals surface area contributed by atoms with Crippen LogP contribution in [0.4, 0.5) is 5.13 Å². The molecule has 0 atom stereocenters. The highest BCUT2D eigenvalue weighted by Gasteiger charge is 2.22. The molecule has 0 bridgehead atoms. The SMILES string of the molecule is O=C(CCC(=O)N(CC(=O)NC1CCCCC1)Cc1ccccc1Cl)Nc1nccs1. The second-order valence-electron chi connectivity index (χ2n) is 7.63. The van der Waals surface area contributed by atoms with E-state index >= 15 is 0 Å². The molecule has 1 saturated carbocycles. The van der Waals surface area contributed by atoms with Crippen LogP contribution in [0.5, 0.6) is 0 Å². The molecular formula is C22H27ClN4O3S. The van der Waals surface area contributed by atoms with E-state index in [0.717, 1.165) is 31.2 Å². The summed E-state index contributed by atoms with van der Waals surface area (Å²) < 4.78 is 0. The van der Waals surface area contributed by atoms with Gasteiger partial charge in [0.25, 0.3) is 0 Å². The van der Waals surface area contributed by atoms with Crippen molar-refractivity contribution in [3.63, 3.8) is 0 Å². The van der Waals surface area contributed by atoms with Gasteiger partial charge in [-0.05, 0) is 24.5 Å². The number of anilines is 1. The Morgan fingerprint density at radius 3 is 2.58 bits per heavy atom. The standard InChI is InChI=1S/C22H27ClN4O3S/c23-18-9-5-4-6-16(18)14-27(15-20(29)25-17-7-2-1-3-8-17)21(30)11-10-19(28)26-22-24-12-13-31-22/h4-6,9,12-13,17H,1-3,7-8,10-11,14-15H2,(H,25,29)(H,24,26,28). The topological polar surface area (TPSA) is 91.4 Å². The lowest BCUT2D eigenvalue weighted by Crippen LogP contribution is -2.44. The van der Waals surface area contributed by atoms with Gasteiger partial charge in [0.2, 0.25) is 17.7 Å². The van der Waals surface area contributed by atoms with Crippen LogP contribution >= 0.6 is 22.9 Å². The Morgan fingerprint density at radius 1 is 1.10 bits per heavy atom. The first-order valence-corrected chi connectivity index (χ1v) is 11.8. The monoisotopic (exact) mass is 462 g/mol. The first-order valence-electron chi connectivity index (χ1n) is 10.5. The minimum absolute atomic E-state index is 0.00162. The van der Waals surface area contributed by atoms with Crippen molar-refractivity contribution < 1.29 is 14.4 Å². The fourth-order valence-electron chi connectivity index (χ4n) is 3.60. The van der Waals surface area contributed by atoms with Crippen LogP contribution in [0.3, 0.4) is 0 Å². The van der Waals surface area contributed by atoms with Gasteiger partial charge >= 0.3 is 0 Å². The quantitative estimate of drug-likeness (QED) is 0.589. The minimum atomic E-state index is -0.285. The summed E-state index contributed by atoms with van der Waals surface area (Å²) in [7, 11) is 0. The molecule has 1 aliphatic carbocycles. The zero-order chi connectivity index (χ0) is 22.1. The highest BCUT2D eigenvalue weighted by Crippen LogP contribution is 2.19. The molecule has 0 unspecified atom stereocenters. The van der Waals surface area contributed by atoms with Crippen LogP contribution in [0.2, 0.25) is 5.02 Å². The van der Waals surface area contributed by atoms with Crippen molar-refractivity contribution >= 4 is 45.8 Å². The van der Waals surface area contributed by atoms with E-state index in [0.29, 0.717) is 10.2 Å². The number of rotatable bonds is 9. The molecule has 1 fully saturated rings. The van der Waals surface area contributed by atoms with Crippen LogP contribution < -0.4 is 10.6 Å². The van der Waals surface area contributed by atoms with E-state index in [1.165, 1.54) is 22.7 Å². The molecule has 0 spiro atoms. The molecule has 2 aromatic rings. The van der Waals surface area contributed by atoms with E-state index in [4.69, 9.17) is 11.6 Å². The molecule has 0 saturated heterocycles. The smallest absolute Gasteiger partial charge is 0.239 e. The van der Waals surface area contributed by atoms with Crippen LogP contribution in [0.1, 0.15) is 50.5 Å². The first-order chi connectivity index (χ1) is 15.0. The van der Waals surface area contributed by atoms with Gasteiger partial charge in [-0.2, -0.15) is 0 Å². The van der Waals surface area contributed by atoms with Crippen molar-refractivity contribution in [3.05, 3.63) is 46.4 Å². The van der Waals surface area contributed by atoms with E-state index in [9.17, 15) is 14.4 Å². The number of thiazole rings is 1. The Labute approximate surface area is 191 Å². The number of hydrogen-bond donors (Lipinski definition) is 2. The summed E-state index contributed by atoms with van der Waals surface area (Å²) in [5.74, 6) is -0.736. The van der Waals surface area contributed by atoms with E-state index in [1.54, 1.807) is 17.6 Å². The number of halogens is 1. The fraction of sp³-hybridized carbons (Fsp3) is 0.455. The number of aromatic nitrogens is 1. The average Bonchev–Trinajstić information content (AvgIpc) is 3.26. The van der Waals surface area contributed by atoms with E-state index < -0.39 is 0 Å². The van der Waals surface area contributed by atoms with Gasteiger partial charge in [-0.15, -0.1) is 11.3 Å². The third-order valence-electron chi connectivity index (χ3n) is 5.22. The van der Waals surface area contributed by atoms with Crippen molar-refractivity contribution in [1.82, 2.24) is 15.2 Å². The molecule has 2 N–H and O–H groups in total.